The molecule has 0 unspecified atom stereocenters. The maximum absolute atomic E-state index is 13.0. The molecule has 0 aliphatic heterocycles. The Bertz CT molecular complexity index is 919. The number of benzene rings is 2. The quantitative estimate of drug-likeness (QED) is 0.554. The zero-order valence-corrected chi connectivity index (χ0v) is 16.1. The minimum Gasteiger partial charge on any atom is -0.449 e. The van der Waals surface area contributed by atoms with E-state index in [-0.39, 0.29) is 17.6 Å². The minimum absolute atomic E-state index is 0.174. The van der Waals surface area contributed by atoms with Gasteiger partial charge in [0.25, 0.3) is 5.89 Å². The van der Waals surface area contributed by atoms with Gasteiger partial charge in [-0.25, -0.2) is 9.18 Å². The van der Waals surface area contributed by atoms with Crippen LogP contribution in [-0.4, -0.2) is 29.3 Å². The molecule has 0 saturated carbocycles. The number of rotatable bonds is 7. The molecule has 1 heterocycles. The zero-order valence-electron chi connectivity index (χ0n) is 16.1. The van der Waals surface area contributed by atoms with Crippen LogP contribution in [0.1, 0.15) is 43.1 Å². The van der Waals surface area contributed by atoms with Gasteiger partial charge in [-0.05, 0) is 69.3 Å². The number of nitrogens with zero attached hydrogens (tertiary/aromatic N) is 3. The van der Waals surface area contributed by atoms with Crippen molar-refractivity contribution in [3.63, 3.8) is 0 Å². The Labute approximate surface area is 163 Å². The summed E-state index contributed by atoms with van der Waals surface area (Å²) in [5, 5.41) is 7.86. The van der Waals surface area contributed by atoms with E-state index in [1.54, 1.807) is 31.2 Å². The molecule has 3 aromatic rings. The van der Waals surface area contributed by atoms with E-state index in [2.05, 4.69) is 28.9 Å². The van der Waals surface area contributed by atoms with Gasteiger partial charge < -0.3 is 14.1 Å². The van der Waals surface area contributed by atoms with Gasteiger partial charge in [-0.2, -0.15) is 0 Å². The van der Waals surface area contributed by atoms with Crippen molar-refractivity contribution in [3.8, 4) is 11.5 Å². The predicted molar refractivity (Wildman–Crippen MR) is 104 cm³/mol. The number of hydrogen-bond donors (Lipinski definition) is 0. The highest BCUT2D eigenvalue weighted by molar-refractivity contribution is 5.90. The lowest BCUT2D eigenvalue weighted by Gasteiger charge is -2.21. The molecule has 146 valence electrons. The molecule has 0 spiro atoms. The smallest absolute Gasteiger partial charge is 0.338 e. The summed E-state index contributed by atoms with van der Waals surface area (Å²) in [5.41, 5.74) is 2.09. The van der Waals surface area contributed by atoms with Crippen molar-refractivity contribution in [1.82, 2.24) is 10.2 Å². The van der Waals surface area contributed by atoms with Crippen molar-refractivity contribution in [2.75, 3.05) is 18.0 Å². The molecule has 1 atom stereocenters. The number of anilines is 1. The number of hydrogen-bond acceptors (Lipinski definition) is 6. The van der Waals surface area contributed by atoms with Crippen LogP contribution < -0.4 is 4.90 Å². The van der Waals surface area contributed by atoms with Crippen LogP contribution in [0.3, 0.4) is 0 Å². The van der Waals surface area contributed by atoms with Gasteiger partial charge in [0.15, 0.2) is 6.10 Å². The van der Waals surface area contributed by atoms with E-state index < -0.39 is 12.1 Å². The Morgan fingerprint density at radius 1 is 1.07 bits per heavy atom. The number of ether oxygens (including phenoxy) is 1. The monoisotopic (exact) mass is 383 g/mol. The Balaban J connectivity index is 1.66. The summed E-state index contributed by atoms with van der Waals surface area (Å²) in [6.45, 7) is 7.61. The number of aromatic nitrogens is 2. The van der Waals surface area contributed by atoms with Crippen molar-refractivity contribution >= 4 is 11.7 Å². The van der Waals surface area contributed by atoms with Crippen LogP contribution in [0.15, 0.2) is 52.9 Å². The number of halogens is 1. The van der Waals surface area contributed by atoms with E-state index in [4.69, 9.17) is 9.15 Å². The lowest BCUT2D eigenvalue weighted by Crippen LogP contribution is -2.21. The number of esters is 1. The molecule has 0 aliphatic rings. The van der Waals surface area contributed by atoms with Gasteiger partial charge in [0.2, 0.25) is 5.89 Å². The first-order valence-corrected chi connectivity index (χ1v) is 9.17. The largest absolute Gasteiger partial charge is 0.449 e. The molecule has 0 radical (unpaired) electrons. The summed E-state index contributed by atoms with van der Waals surface area (Å²) < 4.78 is 24.0. The Morgan fingerprint density at radius 2 is 1.71 bits per heavy atom. The van der Waals surface area contributed by atoms with Crippen molar-refractivity contribution in [1.29, 1.82) is 0 Å². The summed E-state index contributed by atoms with van der Waals surface area (Å²) in [4.78, 5) is 14.6. The second kappa shape index (κ2) is 8.65. The van der Waals surface area contributed by atoms with Gasteiger partial charge in [0.1, 0.15) is 5.82 Å². The van der Waals surface area contributed by atoms with Crippen LogP contribution in [0.5, 0.6) is 0 Å². The van der Waals surface area contributed by atoms with Gasteiger partial charge in [-0.1, -0.05) is 0 Å². The predicted octanol–water partition coefficient (Wildman–Crippen LogP) is 4.64. The normalized spacial score (nSPS) is 11.9. The molecule has 7 heteroatoms. The first-order valence-electron chi connectivity index (χ1n) is 9.17. The first-order chi connectivity index (χ1) is 13.5. The summed E-state index contributed by atoms with van der Waals surface area (Å²) in [6.07, 6.45) is -0.711. The van der Waals surface area contributed by atoms with Crippen LogP contribution >= 0.6 is 0 Å². The van der Waals surface area contributed by atoms with E-state index >= 15 is 0 Å². The Kier molecular flexibility index (Phi) is 6.03. The number of carbonyl (C=O) groups is 1. The summed E-state index contributed by atoms with van der Waals surface area (Å²) in [6, 6.07) is 13.0. The van der Waals surface area contributed by atoms with Gasteiger partial charge in [-0.15, -0.1) is 10.2 Å². The van der Waals surface area contributed by atoms with Gasteiger partial charge in [-0.3, -0.25) is 0 Å². The van der Waals surface area contributed by atoms with E-state index in [0.29, 0.717) is 11.1 Å². The van der Waals surface area contributed by atoms with Gasteiger partial charge in [0, 0.05) is 24.3 Å². The van der Waals surface area contributed by atoms with Gasteiger partial charge in [0.05, 0.1) is 5.56 Å². The molecule has 3 rings (SSSR count). The molecule has 0 aliphatic carbocycles. The molecule has 0 N–H and O–H groups in total. The third-order valence-electron chi connectivity index (χ3n) is 4.39. The molecular weight excluding hydrogens is 361 g/mol. The summed E-state index contributed by atoms with van der Waals surface area (Å²) in [5.74, 6) is -0.410. The molecular formula is C21H22FN3O3. The second-order valence-corrected chi connectivity index (χ2v) is 6.22. The summed E-state index contributed by atoms with van der Waals surface area (Å²) >= 11 is 0. The fraction of sp³-hybridized carbons (Fsp3) is 0.286. The highest BCUT2D eigenvalue weighted by atomic mass is 19.1. The van der Waals surface area contributed by atoms with Crippen LogP contribution in [0.25, 0.3) is 11.5 Å². The van der Waals surface area contributed by atoms with Gasteiger partial charge >= 0.3 is 5.97 Å². The molecule has 6 nitrogen and oxygen atoms in total. The summed E-state index contributed by atoms with van der Waals surface area (Å²) in [7, 11) is 0. The molecule has 0 amide bonds. The SMILES string of the molecule is CCN(CC)c1ccc(C(=O)O[C@H](C)c2nnc(-c3ccc(F)cc3)o2)cc1. The average Bonchev–Trinajstić information content (AvgIpc) is 3.20. The Hall–Kier alpha value is -3.22. The third kappa shape index (κ3) is 4.36. The van der Waals surface area contributed by atoms with Crippen LogP contribution in [-0.2, 0) is 4.74 Å². The third-order valence-corrected chi connectivity index (χ3v) is 4.39. The molecule has 1 aromatic heterocycles. The maximum Gasteiger partial charge on any atom is 0.338 e. The fourth-order valence-electron chi connectivity index (χ4n) is 2.78. The number of carbonyl (C=O) groups excluding carboxylic acids is 1. The highest BCUT2D eigenvalue weighted by Gasteiger charge is 2.20. The minimum atomic E-state index is -0.711. The highest BCUT2D eigenvalue weighted by Crippen LogP contribution is 2.24. The molecule has 0 saturated heterocycles. The van der Waals surface area contributed by atoms with E-state index in [1.807, 2.05) is 12.1 Å². The Morgan fingerprint density at radius 3 is 2.32 bits per heavy atom. The first kappa shape index (κ1) is 19.5. The van der Waals surface area contributed by atoms with Crippen molar-refractivity contribution in [3.05, 3.63) is 65.8 Å². The van der Waals surface area contributed by atoms with Crippen molar-refractivity contribution in [2.24, 2.45) is 0 Å². The molecule has 0 fully saturated rings. The lowest BCUT2D eigenvalue weighted by molar-refractivity contribution is 0.0280. The standard InChI is InChI=1S/C21H22FN3O3/c1-4-25(5-2)18-12-8-16(9-13-18)21(26)27-14(3)19-23-24-20(28-19)15-6-10-17(22)11-7-15/h6-14H,4-5H2,1-3H3/t14-/m1/s1. The van der Waals surface area contributed by atoms with Crippen LogP contribution in [0, 0.1) is 5.82 Å². The average molecular weight is 383 g/mol. The zero-order chi connectivity index (χ0) is 20.1. The maximum atomic E-state index is 13.0. The fourth-order valence-corrected chi connectivity index (χ4v) is 2.78. The molecule has 2 aromatic carbocycles. The van der Waals surface area contributed by atoms with E-state index in [9.17, 15) is 9.18 Å². The van der Waals surface area contributed by atoms with Crippen LogP contribution in [0.2, 0.25) is 0 Å². The second-order valence-electron chi connectivity index (χ2n) is 6.22. The van der Waals surface area contributed by atoms with Crippen molar-refractivity contribution in [2.45, 2.75) is 26.9 Å². The van der Waals surface area contributed by atoms with E-state index in [0.717, 1.165) is 18.8 Å². The topological polar surface area (TPSA) is 68.5 Å². The van der Waals surface area contributed by atoms with E-state index in [1.165, 1.54) is 12.1 Å². The molecule has 28 heavy (non-hydrogen) atoms. The molecule has 0 bridgehead atoms. The van der Waals surface area contributed by atoms with Crippen molar-refractivity contribution < 1.29 is 18.3 Å². The lowest BCUT2D eigenvalue weighted by atomic mass is 10.2. The van der Waals surface area contributed by atoms with Crippen LogP contribution in [0.4, 0.5) is 10.1 Å².